The summed E-state index contributed by atoms with van der Waals surface area (Å²) in [5.41, 5.74) is 1.01. The van der Waals surface area contributed by atoms with Crippen molar-refractivity contribution < 1.29 is 17.9 Å². The SMILES string of the molecule is CN(C)C(=O)COc1ccc(S(=O)(=O)Nc2nc3c(s2)CCCC3)cc1. The minimum Gasteiger partial charge on any atom is -0.484 e. The number of nitrogens with zero attached hydrogens (tertiary/aromatic N) is 2. The molecule has 7 nitrogen and oxygen atoms in total. The van der Waals surface area contributed by atoms with Crippen molar-refractivity contribution >= 4 is 32.4 Å². The maximum absolute atomic E-state index is 12.5. The van der Waals surface area contributed by atoms with Crippen molar-refractivity contribution in [2.45, 2.75) is 30.6 Å². The normalized spacial score (nSPS) is 13.8. The van der Waals surface area contributed by atoms with Crippen molar-refractivity contribution in [3.63, 3.8) is 0 Å². The van der Waals surface area contributed by atoms with Gasteiger partial charge < -0.3 is 9.64 Å². The van der Waals surface area contributed by atoms with E-state index in [9.17, 15) is 13.2 Å². The number of carbonyl (C=O) groups is 1. The second-order valence-corrected chi connectivity index (χ2v) is 9.02. The highest BCUT2D eigenvalue weighted by atomic mass is 32.2. The third-order valence-electron chi connectivity index (χ3n) is 4.06. The van der Waals surface area contributed by atoms with Crippen LogP contribution in [-0.2, 0) is 27.7 Å². The Morgan fingerprint density at radius 3 is 2.58 bits per heavy atom. The van der Waals surface area contributed by atoms with Crippen LogP contribution < -0.4 is 9.46 Å². The fourth-order valence-electron chi connectivity index (χ4n) is 2.56. The first-order valence-electron chi connectivity index (χ1n) is 8.29. The summed E-state index contributed by atoms with van der Waals surface area (Å²) >= 11 is 1.41. The number of rotatable bonds is 6. The predicted octanol–water partition coefficient (Wildman–Crippen LogP) is 2.29. The summed E-state index contributed by atoms with van der Waals surface area (Å²) in [6.45, 7) is -0.0952. The zero-order valence-corrected chi connectivity index (χ0v) is 16.3. The van der Waals surface area contributed by atoms with E-state index in [1.54, 1.807) is 14.1 Å². The van der Waals surface area contributed by atoms with Gasteiger partial charge in [-0.25, -0.2) is 13.4 Å². The maximum atomic E-state index is 12.5. The van der Waals surface area contributed by atoms with Crippen LogP contribution in [0.15, 0.2) is 29.2 Å². The van der Waals surface area contributed by atoms with Crippen molar-refractivity contribution in [2.24, 2.45) is 0 Å². The summed E-state index contributed by atoms with van der Waals surface area (Å²) in [5.74, 6) is 0.264. The molecule has 2 aromatic rings. The van der Waals surface area contributed by atoms with E-state index in [0.717, 1.165) is 31.4 Å². The molecule has 1 aliphatic rings. The van der Waals surface area contributed by atoms with Crippen LogP contribution in [-0.4, -0.2) is 44.9 Å². The number of nitrogens with one attached hydrogen (secondary N) is 1. The van der Waals surface area contributed by atoms with E-state index in [1.807, 2.05) is 0 Å². The Hall–Kier alpha value is -2.13. The summed E-state index contributed by atoms with van der Waals surface area (Å²) in [7, 11) is -0.422. The lowest BCUT2D eigenvalue weighted by molar-refractivity contribution is -0.130. The Kier molecular flexibility index (Phi) is 5.47. The molecule has 26 heavy (non-hydrogen) atoms. The van der Waals surface area contributed by atoms with Crippen molar-refractivity contribution in [3.05, 3.63) is 34.8 Å². The smallest absolute Gasteiger partial charge is 0.263 e. The second-order valence-electron chi connectivity index (χ2n) is 6.25. The van der Waals surface area contributed by atoms with Gasteiger partial charge in [-0.15, -0.1) is 11.3 Å². The molecule has 1 aromatic carbocycles. The number of amides is 1. The minimum atomic E-state index is -3.71. The number of fused-ring (bicyclic) bond motifs is 1. The van der Waals surface area contributed by atoms with E-state index >= 15 is 0 Å². The van der Waals surface area contributed by atoms with Crippen LogP contribution in [0.1, 0.15) is 23.4 Å². The van der Waals surface area contributed by atoms with Gasteiger partial charge in [0.1, 0.15) is 5.75 Å². The van der Waals surface area contributed by atoms with Gasteiger partial charge in [0.2, 0.25) is 0 Å². The third-order valence-corrected chi connectivity index (χ3v) is 6.62. The van der Waals surface area contributed by atoms with Crippen LogP contribution >= 0.6 is 11.3 Å². The molecule has 0 aliphatic heterocycles. The van der Waals surface area contributed by atoms with Gasteiger partial charge in [0, 0.05) is 19.0 Å². The number of ether oxygens (including phenoxy) is 1. The van der Waals surface area contributed by atoms with Gasteiger partial charge in [-0.1, -0.05) is 0 Å². The van der Waals surface area contributed by atoms with Crippen LogP contribution in [0.5, 0.6) is 5.75 Å². The molecule has 1 amide bonds. The quantitative estimate of drug-likeness (QED) is 0.811. The summed E-state index contributed by atoms with van der Waals surface area (Å²) in [4.78, 5) is 18.6. The zero-order valence-electron chi connectivity index (χ0n) is 14.7. The topological polar surface area (TPSA) is 88.6 Å². The molecule has 0 bridgehead atoms. The molecule has 0 fully saturated rings. The average molecular weight is 396 g/mol. The predicted molar refractivity (Wildman–Crippen MR) is 100 cm³/mol. The molecule has 0 atom stereocenters. The summed E-state index contributed by atoms with van der Waals surface area (Å²) < 4.78 is 33.0. The first-order chi connectivity index (χ1) is 12.3. The highest BCUT2D eigenvalue weighted by Crippen LogP contribution is 2.31. The lowest BCUT2D eigenvalue weighted by Crippen LogP contribution is -2.27. The van der Waals surface area contributed by atoms with E-state index in [0.29, 0.717) is 10.9 Å². The molecule has 3 rings (SSSR count). The number of carbonyl (C=O) groups excluding carboxylic acids is 1. The van der Waals surface area contributed by atoms with Crippen LogP contribution in [0.3, 0.4) is 0 Å². The first kappa shape index (κ1) is 18.7. The van der Waals surface area contributed by atoms with Gasteiger partial charge in [0.25, 0.3) is 15.9 Å². The summed E-state index contributed by atoms with van der Waals surface area (Å²) in [6, 6.07) is 5.96. The summed E-state index contributed by atoms with van der Waals surface area (Å²) in [5, 5.41) is 0.411. The van der Waals surface area contributed by atoms with Crippen LogP contribution in [0.4, 0.5) is 5.13 Å². The Balaban J connectivity index is 1.67. The number of sulfonamides is 1. The van der Waals surface area contributed by atoms with Crippen molar-refractivity contribution in [2.75, 3.05) is 25.4 Å². The van der Waals surface area contributed by atoms with Gasteiger partial charge in [-0.2, -0.15) is 0 Å². The minimum absolute atomic E-state index is 0.0952. The maximum Gasteiger partial charge on any atom is 0.263 e. The van der Waals surface area contributed by atoms with Gasteiger partial charge in [-0.05, 0) is 49.9 Å². The molecule has 1 N–H and O–H groups in total. The molecule has 1 aliphatic carbocycles. The molecule has 0 spiro atoms. The molecule has 1 aromatic heterocycles. The zero-order chi connectivity index (χ0) is 18.7. The van der Waals surface area contributed by atoms with E-state index in [4.69, 9.17) is 4.74 Å². The van der Waals surface area contributed by atoms with E-state index in [2.05, 4.69) is 9.71 Å². The number of likely N-dealkylation sites (N-methyl/N-ethyl adjacent to an activating group) is 1. The van der Waals surface area contributed by atoms with Crippen molar-refractivity contribution in [1.29, 1.82) is 0 Å². The standard InChI is InChI=1S/C17H21N3O4S2/c1-20(2)16(21)11-24-12-7-9-13(10-8-12)26(22,23)19-17-18-14-5-3-4-6-15(14)25-17/h7-10H,3-6,11H2,1-2H3,(H,18,19). The molecule has 9 heteroatoms. The van der Waals surface area contributed by atoms with E-state index in [1.165, 1.54) is 45.4 Å². The lowest BCUT2D eigenvalue weighted by Gasteiger charge is -2.11. The number of aryl methyl sites for hydroxylation is 2. The highest BCUT2D eigenvalue weighted by molar-refractivity contribution is 7.93. The van der Waals surface area contributed by atoms with Crippen LogP contribution in [0, 0.1) is 0 Å². The van der Waals surface area contributed by atoms with Crippen LogP contribution in [0.2, 0.25) is 0 Å². The number of benzene rings is 1. The molecule has 140 valence electrons. The third kappa shape index (κ3) is 4.34. The fraction of sp³-hybridized carbons (Fsp3) is 0.412. The Morgan fingerprint density at radius 1 is 1.23 bits per heavy atom. The van der Waals surface area contributed by atoms with Gasteiger partial charge in [0.05, 0.1) is 10.6 Å². The van der Waals surface area contributed by atoms with Gasteiger partial charge in [-0.3, -0.25) is 9.52 Å². The number of thiazole rings is 1. The monoisotopic (exact) mass is 395 g/mol. The number of aromatic nitrogens is 1. The fourth-order valence-corrected chi connectivity index (χ4v) is 4.84. The van der Waals surface area contributed by atoms with Gasteiger partial charge in [0.15, 0.2) is 11.7 Å². The van der Waals surface area contributed by atoms with E-state index in [-0.39, 0.29) is 17.4 Å². The number of anilines is 1. The molecule has 1 heterocycles. The molecular weight excluding hydrogens is 374 g/mol. The number of hydrogen-bond acceptors (Lipinski definition) is 6. The molecule has 0 saturated heterocycles. The lowest BCUT2D eigenvalue weighted by atomic mass is 10.0. The molecule has 0 radical (unpaired) electrons. The highest BCUT2D eigenvalue weighted by Gasteiger charge is 2.20. The van der Waals surface area contributed by atoms with E-state index < -0.39 is 10.0 Å². The second kappa shape index (κ2) is 7.63. The van der Waals surface area contributed by atoms with Crippen molar-refractivity contribution in [1.82, 2.24) is 9.88 Å². The average Bonchev–Trinajstić information content (AvgIpc) is 3.01. The Bertz CT molecular complexity index is 866. The van der Waals surface area contributed by atoms with Crippen LogP contribution in [0.25, 0.3) is 0 Å². The molecule has 0 unspecified atom stereocenters. The largest absolute Gasteiger partial charge is 0.484 e. The van der Waals surface area contributed by atoms with Gasteiger partial charge >= 0.3 is 0 Å². The molecule has 0 saturated carbocycles. The first-order valence-corrected chi connectivity index (χ1v) is 10.6. The summed E-state index contributed by atoms with van der Waals surface area (Å²) in [6.07, 6.45) is 4.09. The Morgan fingerprint density at radius 2 is 1.92 bits per heavy atom. The van der Waals surface area contributed by atoms with Crippen molar-refractivity contribution in [3.8, 4) is 5.75 Å². The Labute approximate surface area is 157 Å². The molecular formula is C17H21N3O4S2. The number of hydrogen-bond donors (Lipinski definition) is 1.